The number of hydrogen-bond donors (Lipinski definition) is 1. The molecule has 1 atom stereocenters. The maximum absolute atomic E-state index is 13.5. The average Bonchev–Trinajstić information content (AvgIpc) is 2.95. The molecule has 2 rings (SSSR count). The number of carbonyl (C=O) groups excluding carboxylic acids is 1. The summed E-state index contributed by atoms with van der Waals surface area (Å²) in [5.41, 5.74) is 0.206. The molecule has 6 heteroatoms. The zero-order valence-electron chi connectivity index (χ0n) is 11.3. The van der Waals surface area contributed by atoms with Crippen LogP contribution in [0.4, 0.5) is 10.1 Å². The van der Waals surface area contributed by atoms with Gasteiger partial charge in [-0.15, -0.1) is 0 Å². The molecule has 1 aliphatic heterocycles. The summed E-state index contributed by atoms with van der Waals surface area (Å²) >= 11 is 6.69. The third-order valence-electron chi connectivity index (χ3n) is 3.14. The predicted molar refractivity (Wildman–Crippen MR) is 85.5 cm³/mol. The number of anilines is 1. The molecule has 3 nitrogen and oxygen atoms in total. The standard InChI is InChI=1S/C14H17FN2OS2/c1-10(20-14(19)17-8-4-5-9-17)13(18)16-12-7-3-2-6-11(12)15/h2-3,6-7,10H,4-5,8-9H2,1H3,(H,16,18)/t10-/m0/s1. The van der Waals surface area contributed by atoms with Crippen molar-refractivity contribution in [2.45, 2.75) is 25.0 Å². The van der Waals surface area contributed by atoms with Crippen LogP contribution in [0.1, 0.15) is 19.8 Å². The summed E-state index contributed by atoms with van der Waals surface area (Å²) in [4.78, 5) is 14.2. The smallest absolute Gasteiger partial charge is 0.237 e. The van der Waals surface area contributed by atoms with Crippen molar-refractivity contribution in [2.24, 2.45) is 0 Å². The van der Waals surface area contributed by atoms with Crippen LogP contribution in [0.25, 0.3) is 0 Å². The first-order valence-electron chi connectivity index (χ1n) is 6.59. The topological polar surface area (TPSA) is 32.3 Å². The Morgan fingerprint density at radius 2 is 2.05 bits per heavy atom. The molecule has 0 unspecified atom stereocenters. The Hall–Kier alpha value is -1.14. The first kappa shape index (κ1) is 15.3. The van der Waals surface area contributed by atoms with Gasteiger partial charge in [-0.1, -0.05) is 36.1 Å². The second-order valence-corrected chi connectivity index (χ2v) is 6.66. The minimum absolute atomic E-state index is 0.206. The fourth-order valence-corrected chi connectivity index (χ4v) is 3.39. The number of likely N-dealkylation sites (tertiary alicyclic amines) is 1. The molecule has 0 bridgehead atoms. The van der Waals surface area contributed by atoms with Gasteiger partial charge in [0.2, 0.25) is 5.91 Å². The number of amides is 1. The molecular formula is C14H17FN2OS2. The Bertz CT molecular complexity index is 504. The van der Waals surface area contributed by atoms with Crippen molar-refractivity contribution >= 4 is 39.9 Å². The van der Waals surface area contributed by atoms with Gasteiger partial charge in [-0.2, -0.15) is 0 Å². The zero-order valence-corrected chi connectivity index (χ0v) is 12.9. The molecule has 0 aliphatic carbocycles. The molecule has 108 valence electrons. The number of hydrogen-bond acceptors (Lipinski definition) is 3. The molecule has 0 spiro atoms. The van der Waals surface area contributed by atoms with E-state index in [0.717, 1.165) is 30.3 Å². The number of rotatable bonds is 3. The molecule has 0 saturated carbocycles. The van der Waals surface area contributed by atoms with E-state index in [2.05, 4.69) is 10.2 Å². The lowest BCUT2D eigenvalue weighted by molar-refractivity contribution is -0.115. The zero-order chi connectivity index (χ0) is 14.5. The number of benzene rings is 1. The lowest BCUT2D eigenvalue weighted by Crippen LogP contribution is -2.29. The van der Waals surface area contributed by atoms with Gasteiger partial charge in [0.25, 0.3) is 0 Å². The van der Waals surface area contributed by atoms with Crippen LogP contribution in [0.15, 0.2) is 24.3 Å². The monoisotopic (exact) mass is 312 g/mol. The van der Waals surface area contributed by atoms with Crippen LogP contribution in [0.2, 0.25) is 0 Å². The van der Waals surface area contributed by atoms with Gasteiger partial charge in [0.05, 0.1) is 10.9 Å². The van der Waals surface area contributed by atoms with E-state index in [1.807, 2.05) is 0 Å². The van der Waals surface area contributed by atoms with Gasteiger partial charge in [0.1, 0.15) is 10.1 Å². The molecule has 0 radical (unpaired) electrons. The van der Waals surface area contributed by atoms with Crippen LogP contribution < -0.4 is 5.32 Å². The molecule has 1 N–H and O–H groups in total. The largest absolute Gasteiger partial charge is 0.358 e. The van der Waals surface area contributed by atoms with Crippen LogP contribution in [0, 0.1) is 5.82 Å². The summed E-state index contributed by atoms with van der Waals surface area (Å²) in [6.07, 6.45) is 2.30. The van der Waals surface area contributed by atoms with Gasteiger partial charge in [-0.05, 0) is 31.9 Å². The third kappa shape index (κ3) is 3.93. The Kier molecular flexibility index (Phi) is 5.37. The Labute approximate surface area is 127 Å². The van der Waals surface area contributed by atoms with Gasteiger partial charge in [0.15, 0.2) is 0 Å². The average molecular weight is 312 g/mol. The van der Waals surface area contributed by atoms with E-state index in [4.69, 9.17) is 12.2 Å². The van der Waals surface area contributed by atoms with Crippen molar-refractivity contribution in [1.29, 1.82) is 0 Å². The van der Waals surface area contributed by atoms with E-state index < -0.39 is 5.82 Å². The quantitative estimate of drug-likeness (QED) is 0.868. The maximum Gasteiger partial charge on any atom is 0.237 e. The van der Waals surface area contributed by atoms with E-state index in [-0.39, 0.29) is 16.8 Å². The maximum atomic E-state index is 13.5. The Balaban J connectivity index is 1.88. The summed E-state index contributed by atoms with van der Waals surface area (Å²) in [6, 6.07) is 6.14. The third-order valence-corrected chi connectivity index (χ3v) is 4.72. The highest BCUT2D eigenvalue weighted by atomic mass is 32.2. The molecule has 1 aromatic carbocycles. The van der Waals surface area contributed by atoms with Crippen molar-refractivity contribution < 1.29 is 9.18 Å². The summed E-state index contributed by atoms with van der Waals surface area (Å²) in [5, 5.41) is 2.25. The first-order valence-corrected chi connectivity index (χ1v) is 7.87. The van der Waals surface area contributed by atoms with Crippen LogP contribution in [0.3, 0.4) is 0 Å². The van der Waals surface area contributed by atoms with Gasteiger partial charge in [-0.25, -0.2) is 4.39 Å². The lowest BCUT2D eigenvalue weighted by atomic mass is 10.3. The highest BCUT2D eigenvalue weighted by Gasteiger charge is 2.21. The number of nitrogens with one attached hydrogen (secondary N) is 1. The van der Waals surface area contributed by atoms with E-state index in [1.54, 1.807) is 25.1 Å². The Morgan fingerprint density at radius 1 is 1.40 bits per heavy atom. The first-order chi connectivity index (χ1) is 9.58. The fraction of sp³-hybridized carbons (Fsp3) is 0.429. The van der Waals surface area contributed by atoms with Crippen LogP contribution in [-0.2, 0) is 4.79 Å². The van der Waals surface area contributed by atoms with Crippen molar-refractivity contribution in [3.8, 4) is 0 Å². The van der Waals surface area contributed by atoms with Crippen LogP contribution >= 0.6 is 24.0 Å². The molecule has 1 aliphatic rings. The van der Waals surface area contributed by atoms with E-state index in [1.165, 1.54) is 17.8 Å². The normalized spacial score (nSPS) is 16.0. The number of thioether (sulfide) groups is 1. The van der Waals surface area contributed by atoms with Gasteiger partial charge in [0, 0.05) is 13.1 Å². The highest BCUT2D eigenvalue weighted by molar-refractivity contribution is 8.23. The number of thiocarbonyl (C=S) groups is 1. The second-order valence-electron chi connectivity index (χ2n) is 4.69. The van der Waals surface area contributed by atoms with Crippen LogP contribution in [-0.4, -0.2) is 33.5 Å². The van der Waals surface area contributed by atoms with E-state index in [0.29, 0.717) is 0 Å². The lowest BCUT2D eigenvalue weighted by Gasteiger charge is -2.20. The summed E-state index contributed by atoms with van der Waals surface area (Å²) in [6.45, 7) is 3.71. The molecule has 1 fully saturated rings. The fourth-order valence-electron chi connectivity index (χ4n) is 1.98. The van der Waals surface area contributed by atoms with E-state index >= 15 is 0 Å². The van der Waals surface area contributed by atoms with Gasteiger partial charge in [-0.3, -0.25) is 4.79 Å². The molecule has 20 heavy (non-hydrogen) atoms. The summed E-state index contributed by atoms with van der Waals surface area (Å²) in [7, 11) is 0. The molecule has 1 aromatic rings. The number of nitrogens with zero attached hydrogens (tertiary/aromatic N) is 1. The number of halogens is 1. The molecule has 1 saturated heterocycles. The van der Waals surface area contributed by atoms with Gasteiger partial charge < -0.3 is 10.2 Å². The minimum Gasteiger partial charge on any atom is -0.358 e. The SMILES string of the molecule is C[C@H](SC(=S)N1CCCC1)C(=O)Nc1ccccc1F. The molecule has 0 aromatic heterocycles. The number of carbonyl (C=O) groups is 1. The van der Waals surface area contributed by atoms with Gasteiger partial charge >= 0.3 is 0 Å². The minimum atomic E-state index is -0.430. The summed E-state index contributed by atoms with van der Waals surface area (Å²) in [5.74, 6) is -0.665. The van der Waals surface area contributed by atoms with E-state index in [9.17, 15) is 9.18 Å². The summed E-state index contributed by atoms with van der Waals surface area (Å²) < 4.78 is 14.2. The highest BCUT2D eigenvalue weighted by Crippen LogP contribution is 2.22. The van der Waals surface area contributed by atoms with Crippen LogP contribution in [0.5, 0.6) is 0 Å². The molecular weight excluding hydrogens is 295 g/mol. The number of para-hydroxylation sites is 1. The molecule has 1 amide bonds. The van der Waals surface area contributed by atoms with Crippen molar-refractivity contribution in [3.05, 3.63) is 30.1 Å². The molecule has 1 heterocycles. The van der Waals surface area contributed by atoms with Crippen molar-refractivity contribution in [3.63, 3.8) is 0 Å². The second kappa shape index (κ2) is 7.04. The van der Waals surface area contributed by atoms with Crippen molar-refractivity contribution in [1.82, 2.24) is 4.90 Å². The Morgan fingerprint density at radius 3 is 2.70 bits per heavy atom. The van der Waals surface area contributed by atoms with Crippen molar-refractivity contribution in [2.75, 3.05) is 18.4 Å². The predicted octanol–water partition coefficient (Wildman–Crippen LogP) is 3.27.